The van der Waals surface area contributed by atoms with Gasteiger partial charge in [0.2, 0.25) is 0 Å². The average Bonchev–Trinajstić information content (AvgIpc) is 3.67. The average molecular weight is 802 g/mol. The fourth-order valence-electron chi connectivity index (χ4n) is 9.93. The molecule has 63 heavy (non-hydrogen) atoms. The minimum atomic E-state index is -0.563. The van der Waals surface area contributed by atoms with Gasteiger partial charge in [-0.1, -0.05) is 206 Å². The lowest BCUT2D eigenvalue weighted by Crippen LogP contribution is -2.28. The molecule has 0 saturated heterocycles. The van der Waals surface area contributed by atoms with Crippen molar-refractivity contribution in [3.05, 3.63) is 259 Å². The van der Waals surface area contributed by atoms with E-state index in [1.54, 1.807) is 0 Å². The maximum absolute atomic E-state index is 5.46. The van der Waals surface area contributed by atoms with Gasteiger partial charge in [0.25, 0.3) is 0 Å². The summed E-state index contributed by atoms with van der Waals surface area (Å²) in [6, 6.07) is 84.7. The highest BCUT2D eigenvalue weighted by molar-refractivity contribution is 6.13. The van der Waals surface area contributed by atoms with Crippen LogP contribution in [0.5, 0.6) is 0 Å². The van der Waals surface area contributed by atoms with Gasteiger partial charge in [-0.05, 0) is 108 Å². The van der Waals surface area contributed by atoms with Crippen molar-refractivity contribution in [3.8, 4) is 67.5 Å². The van der Waals surface area contributed by atoms with Gasteiger partial charge in [0.05, 0.1) is 5.41 Å². The minimum Gasteiger partial charge on any atom is -0.208 e. The van der Waals surface area contributed by atoms with Gasteiger partial charge in [0.1, 0.15) is 0 Å². The van der Waals surface area contributed by atoms with Crippen LogP contribution in [0.3, 0.4) is 0 Å². The SMILES string of the molecule is c1ccc(-c2cc(-c3ccccc3)cc(-c3nc(-c4ccc5c(c4)C(c4ccccc4)(c4ccccc4)c4ccccc4-5)nc(-c4cc5ccccc5c5ccccc45)n3)c2)cc1. The van der Waals surface area contributed by atoms with Gasteiger partial charge in [0, 0.05) is 16.7 Å². The predicted molar refractivity (Wildman–Crippen MR) is 259 cm³/mol. The summed E-state index contributed by atoms with van der Waals surface area (Å²) in [5, 5.41) is 4.60. The maximum atomic E-state index is 5.46. The highest BCUT2D eigenvalue weighted by atomic mass is 15.0. The molecule has 1 aliphatic carbocycles. The van der Waals surface area contributed by atoms with Crippen LogP contribution in [-0.2, 0) is 5.41 Å². The number of hydrogen-bond acceptors (Lipinski definition) is 3. The Kier molecular flexibility index (Phi) is 8.72. The quantitative estimate of drug-likeness (QED) is 0.151. The molecule has 1 aromatic heterocycles. The first-order valence-electron chi connectivity index (χ1n) is 21.5. The number of nitrogens with zero attached hydrogens (tertiary/aromatic N) is 3. The number of aromatic nitrogens is 3. The van der Waals surface area contributed by atoms with Crippen molar-refractivity contribution < 1.29 is 0 Å². The molecule has 0 spiro atoms. The molecule has 10 aromatic carbocycles. The Balaban J connectivity index is 1.14. The van der Waals surface area contributed by atoms with Crippen molar-refractivity contribution in [2.75, 3.05) is 0 Å². The molecule has 294 valence electrons. The van der Waals surface area contributed by atoms with Crippen LogP contribution in [0.1, 0.15) is 22.3 Å². The van der Waals surface area contributed by atoms with Crippen LogP contribution in [0.25, 0.3) is 89.1 Å². The van der Waals surface area contributed by atoms with Crippen molar-refractivity contribution in [3.63, 3.8) is 0 Å². The number of rotatable bonds is 7. The molecule has 11 aromatic rings. The molecule has 0 fully saturated rings. The molecular formula is C60H39N3. The molecule has 3 heteroatoms. The van der Waals surface area contributed by atoms with E-state index in [-0.39, 0.29) is 0 Å². The Hall–Kier alpha value is -8.27. The number of benzene rings is 10. The van der Waals surface area contributed by atoms with Crippen molar-refractivity contribution >= 4 is 21.5 Å². The number of hydrogen-bond donors (Lipinski definition) is 0. The Bertz CT molecular complexity index is 3390. The first kappa shape index (κ1) is 36.6. The molecule has 0 unspecified atom stereocenters. The molecule has 1 heterocycles. The standard InChI is InChI=1S/C60H39N3/c1-5-19-40(20-6-1)44-35-45(41-21-7-2-8-22-41)37-46(36-44)58-61-57(62-59(63-58)54-38-42-23-13-14-28-49(42)50-29-15-16-30-51(50)54)43-33-34-53-52-31-17-18-32-55(52)60(56(53)39-43,47-24-9-3-10-25-47)48-26-11-4-12-27-48/h1-39H. The second-order valence-electron chi connectivity index (χ2n) is 16.3. The van der Waals surface area contributed by atoms with Gasteiger partial charge in [-0.25, -0.2) is 15.0 Å². The fraction of sp³-hybridized carbons (Fsp3) is 0.0167. The highest BCUT2D eigenvalue weighted by Gasteiger charge is 2.46. The lowest BCUT2D eigenvalue weighted by molar-refractivity contribution is 0.768. The van der Waals surface area contributed by atoms with Crippen molar-refractivity contribution in [1.29, 1.82) is 0 Å². The van der Waals surface area contributed by atoms with Crippen LogP contribution >= 0.6 is 0 Å². The van der Waals surface area contributed by atoms with Crippen molar-refractivity contribution in [1.82, 2.24) is 15.0 Å². The van der Waals surface area contributed by atoms with Gasteiger partial charge in [-0.3, -0.25) is 0 Å². The summed E-state index contributed by atoms with van der Waals surface area (Å²) in [6.07, 6.45) is 0. The largest absolute Gasteiger partial charge is 0.208 e. The summed E-state index contributed by atoms with van der Waals surface area (Å²) in [5.74, 6) is 1.86. The lowest BCUT2D eigenvalue weighted by atomic mass is 9.67. The molecule has 3 nitrogen and oxygen atoms in total. The van der Waals surface area contributed by atoms with E-state index >= 15 is 0 Å². The van der Waals surface area contributed by atoms with E-state index in [1.807, 2.05) is 0 Å². The second kappa shape index (κ2) is 15.0. The zero-order valence-corrected chi connectivity index (χ0v) is 34.4. The molecule has 0 bridgehead atoms. The summed E-state index contributed by atoms with van der Waals surface area (Å²) < 4.78 is 0. The molecule has 0 saturated carbocycles. The molecule has 0 atom stereocenters. The van der Waals surface area contributed by atoms with E-state index in [0.29, 0.717) is 17.5 Å². The summed E-state index contributed by atoms with van der Waals surface area (Å²) in [6.45, 7) is 0. The van der Waals surface area contributed by atoms with Crippen LogP contribution in [0.2, 0.25) is 0 Å². The summed E-state index contributed by atoms with van der Waals surface area (Å²) in [7, 11) is 0. The van der Waals surface area contributed by atoms with E-state index in [0.717, 1.165) is 55.1 Å². The van der Waals surface area contributed by atoms with E-state index in [1.165, 1.54) is 38.8 Å². The van der Waals surface area contributed by atoms with Crippen LogP contribution < -0.4 is 0 Å². The second-order valence-corrected chi connectivity index (χ2v) is 16.3. The van der Waals surface area contributed by atoms with E-state index in [9.17, 15) is 0 Å². The smallest absolute Gasteiger partial charge is 0.164 e. The van der Waals surface area contributed by atoms with Crippen molar-refractivity contribution in [2.45, 2.75) is 5.41 Å². The van der Waals surface area contributed by atoms with Crippen LogP contribution in [0.4, 0.5) is 0 Å². The summed E-state index contributed by atoms with van der Waals surface area (Å²) in [4.78, 5) is 16.4. The normalized spacial score (nSPS) is 12.6. The molecule has 0 N–H and O–H groups in total. The molecule has 0 amide bonds. The van der Waals surface area contributed by atoms with E-state index in [4.69, 9.17) is 15.0 Å². The van der Waals surface area contributed by atoms with Gasteiger partial charge < -0.3 is 0 Å². The van der Waals surface area contributed by atoms with Gasteiger partial charge in [-0.15, -0.1) is 0 Å². The lowest BCUT2D eigenvalue weighted by Gasteiger charge is -2.34. The zero-order valence-electron chi connectivity index (χ0n) is 34.4. The van der Waals surface area contributed by atoms with Gasteiger partial charge in [-0.2, -0.15) is 0 Å². The van der Waals surface area contributed by atoms with Gasteiger partial charge >= 0.3 is 0 Å². The highest BCUT2D eigenvalue weighted by Crippen LogP contribution is 2.56. The minimum absolute atomic E-state index is 0.563. The molecule has 0 radical (unpaired) electrons. The summed E-state index contributed by atoms with van der Waals surface area (Å²) in [5.41, 5.74) is 14.0. The van der Waals surface area contributed by atoms with Gasteiger partial charge in [0.15, 0.2) is 17.5 Å². The maximum Gasteiger partial charge on any atom is 0.164 e. The fourth-order valence-corrected chi connectivity index (χ4v) is 9.93. The topological polar surface area (TPSA) is 38.7 Å². The third kappa shape index (κ3) is 6.08. The zero-order chi connectivity index (χ0) is 41.7. The van der Waals surface area contributed by atoms with Crippen LogP contribution in [0, 0.1) is 0 Å². The number of fused-ring (bicyclic) bond motifs is 6. The Morgan fingerprint density at radius 1 is 0.254 bits per heavy atom. The van der Waals surface area contributed by atoms with Crippen LogP contribution in [0.15, 0.2) is 237 Å². The monoisotopic (exact) mass is 801 g/mol. The van der Waals surface area contributed by atoms with Crippen LogP contribution in [-0.4, -0.2) is 15.0 Å². The summed E-state index contributed by atoms with van der Waals surface area (Å²) >= 11 is 0. The molecule has 0 aliphatic heterocycles. The Morgan fingerprint density at radius 2 is 0.730 bits per heavy atom. The molecular weight excluding hydrogens is 763 g/mol. The molecule has 1 aliphatic rings. The van der Waals surface area contributed by atoms with Crippen molar-refractivity contribution in [2.24, 2.45) is 0 Å². The predicted octanol–water partition coefficient (Wildman–Crippen LogP) is 14.9. The Labute approximate surface area is 366 Å². The van der Waals surface area contributed by atoms with E-state index < -0.39 is 5.41 Å². The third-order valence-electron chi connectivity index (χ3n) is 12.8. The third-order valence-corrected chi connectivity index (χ3v) is 12.8. The first-order valence-corrected chi connectivity index (χ1v) is 21.5. The molecule has 12 rings (SSSR count). The first-order chi connectivity index (χ1) is 31.2. The van der Waals surface area contributed by atoms with E-state index in [2.05, 4.69) is 237 Å². The Morgan fingerprint density at radius 3 is 1.38 bits per heavy atom.